The van der Waals surface area contributed by atoms with Gasteiger partial charge in [-0.15, -0.1) is 0 Å². The van der Waals surface area contributed by atoms with Gasteiger partial charge >= 0.3 is 0 Å². The molecule has 0 radical (unpaired) electrons. The summed E-state index contributed by atoms with van der Waals surface area (Å²) in [6.45, 7) is 7.62. The Labute approximate surface area is 80.0 Å². The van der Waals surface area contributed by atoms with E-state index < -0.39 is 21.6 Å². The second-order valence-corrected chi connectivity index (χ2v) is 6.91. The van der Waals surface area contributed by atoms with Crippen molar-refractivity contribution in [2.75, 3.05) is 11.5 Å². The smallest absolute Gasteiger partial charge is 0.0460 e. The van der Waals surface area contributed by atoms with Crippen molar-refractivity contribution >= 4 is 21.6 Å². The van der Waals surface area contributed by atoms with Crippen LogP contribution in [0.25, 0.3) is 0 Å². The highest BCUT2D eigenvalue weighted by molar-refractivity contribution is 7.89. The minimum absolute atomic E-state index is 0.0517. The highest BCUT2D eigenvalue weighted by atomic mass is 32.2. The lowest BCUT2D eigenvalue weighted by Gasteiger charge is -2.17. The van der Waals surface area contributed by atoms with Gasteiger partial charge in [-0.2, -0.15) is 0 Å². The summed E-state index contributed by atoms with van der Waals surface area (Å²) in [5.41, 5.74) is 0. The molecule has 0 spiro atoms. The molecule has 4 heteroatoms. The van der Waals surface area contributed by atoms with Crippen LogP contribution in [0.1, 0.15) is 27.7 Å². The number of rotatable bonds is 5. The van der Waals surface area contributed by atoms with Gasteiger partial charge in [-0.1, -0.05) is 13.8 Å². The summed E-state index contributed by atoms with van der Waals surface area (Å²) in [6.07, 6.45) is 0. The van der Waals surface area contributed by atoms with Crippen LogP contribution in [0.4, 0.5) is 0 Å². The number of hydrogen-bond donors (Lipinski definition) is 0. The van der Waals surface area contributed by atoms with E-state index >= 15 is 0 Å². The quantitative estimate of drug-likeness (QED) is 0.685. The molecule has 4 unspecified atom stereocenters. The Kier molecular flexibility index (Phi) is 6.01. The maximum absolute atomic E-state index is 11.4. The SMILES string of the molecule is CCS(=O)C(C)C(C)S(=O)CC. The zero-order valence-electron chi connectivity index (χ0n) is 8.20. The molecule has 0 aromatic rings. The molecule has 4 atom stereocenters. The summed E-state index contributed by atoms with van der Waals surface area (Å²) in [4.78, 5) is 0. The monoisotopic (exact) mass is 210 g/mol. The lowest BCUT2D eigenvalue weighted by Crippen LogP contribution is -2.30. The van der Waals surface area contributed by atoms with E-state index in [1.807, 2.05) is 27.7 Å². The van der Waals surface area contributed by atoms with Gasteiger partial charge < -0.3 is 0 Å². The van der Waals surface area contributed by atoms with Crippen LogP contribution in [-0.4, -0.2) is 30.4 Å². The van der Waals surface area contributed by atoms with Crippen LogP contribution in [0.15, 0.2) is 0 Å². The molecule has 0 heterocycles. The van der Waals surface area contributed by atoms with Gasteiger partial charge in [0.2, 0.25) is 0 Å². The maximum Gasteiger partial charge on any atom is 0.0460 e. The molecule has 74 valence electrons. The van der Waals surface area contributed by atoms with Crippen LogP contribution in [0, 0.1) is 0 Å². The molecule has 0 bridgehead atoms. The van der Waals surface area contributed by atoms with Gasteiger partial charge in [0.05, 0.1) is 0 Å². The Morgan fingerprint density at radius 2 is 1.17 bits per heavy atom. The first-order chi connectivity index (χ1) is 5.54. The van der Waals surface area contributed by atoms with Gasteiger partial charge in [-0.05, 0) is 13.8 Å². The molecule has 0 rings (SSSR count). The van der Waals surface area contributed by atoms with Gasteiger partial charge in [-0.3, -0.25) is 8.42 Å². The average Bonchev–Trinajstić information content (AvgIpc) is 2.12. The summed E-state index contributed by atoms with van der Waals surface area (Å²) in [5, 5.41) is 0.103. The van der Waals surface area contributed by atoms with Gasteiger partial charge in [0, 0.05) is 43.6 Å². The summed E-state index contributed by atoms with van der Waals surface area (Å²) < 4.78 is 22.7. The molecule has 0 aliphatic carbocycles. The first kappa shape index (κ1) is 12.3. The Hall–Kier alpha value is 0.300. The second-order valence-electron chi connectivity index (χ2n) is 2.75. The topological polar surface area (TPSA) is 34.1 Å². The normalized spacial score (nSPS) is 21.3. The Morgan fingerprint density at radius 1 is 0.917 bits per heavy atom. The summed E-state index contributed by atoms with van der Waals surface area (Å²) in [7, 11) is -1.63. The molecule has 0 amide bonds. The molecule has 0 aliphatic heterocycles. The third kappa shape index (κ3) is 3.35. The fourth-order valence-electron chi connectivity index (χ4n) is 0.953. The zero-order valence-corrected chi connectivity index (χ0v) is 9.83. The fraction of sp³-hybridized carbons (Fsp3) is 1.00. The molecule has 12 heavy (non-hydrogen) atoms. The van der Waals surface area contributed by atoms with Crippen LogP contribution in [0.3, 0.4) is 0 Å². The van der Waals surface area contributed by atoms with Crippen LogP contribution in [0.5, 0.6) is 0 Å². The van der Waals surface area contributed by atoms with Crippen molar-refractivity contribution in [3.05, 3.63) is 0 Å². The van der Waals surface area contributed by atoms with Crippen molar-refractivity contribution < 1.29 is 8.42 Å². The van der Waals surface area contributed by atoms with E-state index in [9.17, 15) is 8.42 Å². The minimum atomic E-state index is -0.817. The van der Waals surface area contributed by atoms with Gasteiger partial charge in [0.25, 0.3) is 0 Å². The highest BCUT2D eigenvalue weighted by Crippen LogP contribution is 2.08. The third-order valence-electron chi connectivity index (χ3n) is 2.06. The van der Waals surface area contributed by atoms with Crippen LogP contribution >= 0.6 is 0 Å². The van der Waals surface area contributed by atoms with E-state index in [1.54, 1.807) is 0 Å². The molecule has 0 aromatic heterocycles. The largest absolute Gasteiger partial charge is 0.259 e. The number of hydrogen-bond acceptors (Lipinski definition) is 2. The zero-order chi connectivity index (χ0) is 9.72. The van der Waals surface area contributed by atoms with Gasteiger partial charge in [0.15, 0.2) is 0 Å². The van der Waals surface area contributed by atoms with E-state index in [1.165, 1.54) is 0 Å². The standard InChI is InChI=1S/C8H18O2S2/c1-5-11(9)7(3)8(4)12(10)6-2/h7-8H,5-6H2,1-4H3. The Bertz CT molecular complexity index is 160. The van der Waals surface area contributed by atoms with Crippen LogP contribution < -0.4 is 0 Å². The maximum atomic E-state index is 11.4. The summed E-state index contributed by atoms with van der Waals surface area (Å²) in [5.74, 6) is 1.32. The molecule has 0 saturated heterocycles. The third-order valence-corrected chi connectivity index (χ3v) is 5.84. The molecule has 0 N–H and O–H groups in total. The fourth-order valence-corrected chi connectivity index (χ4v) is 3.60. The van der Waals surface area contributed by atoms with Crippen molar-refractivity contribution in [1.29, 1.82) is 0 Å². The summed E-state index contributed by atoms with van der Waals surface area (Å²) in [6, 6.07) is 0. The average molecular weight is 210 g/mol. The molecule has 0 saturated carbocycles. The predicted octanol–water partition coefficient (Wildman–Crippen LogP) is 1.30. The van der Waals surface area contributed by atoms with E-state index in [-0.39, 0.29) is 10.5 Å². The van der Waals surface area contributed by atoms with Gasteiger partial charge in [0.1, 0.15) is 0 Å². The Morgan fingerprint density at radius 3 is 1.33 bits per heavy atom. The van der Waals surface area contributed by atoms with E-state index in [0.717, 1.165) is 0 Å². The highest BCUT2D eigenvalue weighted by Gasteiger charge is 2.21. The first-order valence-corrected chi connectivity index (χ1v) is 7.05. The molecule has 0 fully saturated rings. The van der Waals surface area contributed by atoms with Crippen molar-refractivity contribution in [2.24, 2.45) is 0 Å². The Balaban J connectivity index is 4.18. The van der Waals surface area contributed by atoms with Crippen LogP contribution in [-0.2, 0) is 21.6 Å². The minimum Gasteiger partial charge on any atom is -0.259 e. The lowest BCUT2D eigenvalue weighted by atomic mass is 10.4. The van der Waals surface area contributed by atoms with E-state index in [4.69, 9.17) is 0 Å². The summed E-state index contributed by atoms with van der Waals surface area (Å²) >= 11 is 0. The molecular weight excluding hydrogens is 192 g/mol. The predicted molar refractivity (Wildman–Crippen MR) is 56.3 cm³/mol. The van der Waals surface area contributed by atoms with Crippen molar-refractivity contribution in [3.63, 3.8) is 0 Å². The molecule has 0 aromatic carbocycles. The van der Waals surface area contributed by atoms with E-state index in [2.05, 4.69) is 0 Å². The first-order valence-electron chi connectivity index (χ1n) is 4.28. The van der Waals surface area contributed by atoms with E-state index in [0.29, 0.717) is 11.5 Å². The molecular formula is C8H18O2S2. The van der Waals surface area contributed by atoms with Crippen molar-refractivity contribution in [1.82, 2.24) is 0 Å². The van der Waals surface area contributed by atoms with Crippen molar-refractivity contribution in [3.8, 4) is 0 Å². The lowest BCUT2D eigenvalue weighted by molar-refractivity contribution is 0.657. The van der Waals surface area contributed by atoms with Crippen molar-refractivity contribution in [2.45, 2.75) is 38.2 Å². The van der Waals surface area contributed by atoms with Crippen LogP contribution in [0.2, 0.25) is 0 Å². The van der Waals surface area contributed by atoms with Gasteiger partial charge in [-0.25, -0.2) is 0 Å². The second kappa shape index (κ2) is 5.86. The molecule has 0 aliphatic rings. The molecule has 2 nitrogen and oxygen atoms in total.